The summed E-state index contributed by atoms with van der Waals surface area (Å²) < 4.78 is 37.2. The molecule has 0 saturated carbocycles. The fourth-order valence-electron chi connectivity index (χ4n) is 4.00. The van der Waals surface area contributed by atoms with Gasteiger partial charge in [-0.2, -0.15) is 0 Å². The van der Waals surface area contributed by atoms with Crippen LogP contribution < -0.4 is 20.9 Å². The highest BCUT2D eigenvalue weighted by Gasteiger charge is 2.49. The van der Waals surface area contributed by atoms with E-state index in [-0.39, 0.29) is 4.90 Å². The van der Waals surface area contributed by atoms with Crippen molar-refractivity contribution in [1.82, 2.24) is 0 Å². The van der Waals surface area contributed by atoms with Gasteiger partial charge in [0.25, 0.3) is 0 Å². The molecule has 0 radical (unpaired) electrons. The summed E-state index contributed by atoms with van der Waals surface area (Å²) in [7, 11) is 0. The molecule has 1 unspecified atom stereocenters. The zero-order valence-corrected chi connectivity index (χ0v) is 17.7. The molecule has 5 rings (SSSR count). The lowest BCUT2D eigenvalue weighted by molar-refractivity contribution is -0.0806. The van der Waals surface area contributed by atoms with Gasteiger partial charge in [0.1, 0.15) is 11.5 Å². The third-order valence-electron chi connectivity index (χ3n) is 5.39. The van der Waals surface area contributed by atoms with Crippen LogP contribution in [0, 0.1) is 0 Å². The number of ether oxygens (including phenoxy) is 2. The number of nitrogens with two attached hydrogens (primary N) is 2. The normalized spacial score (nSPS) is 14.3. The van der Waals surface area contributed by atoms with Gasteiger partial charge in [0.2, 0.25) is 0 Å². The maximum absolute atomic E-state index is 12.1. The Balaban J connectivity index is 1.77. The van der Waals surface area contributed by atoms with E-state index >= 15 is 0 Å². The van der Waals surface area contributed by atoms with Crippen LogP contribution in [0.25, 0.3) is 11.1 Å². The summed E-state index contributed by atoms with van der Waals surface area (Å²) in [5.41, 5.74) is 15.5. The van der Waals surface area contributed by atoms with Gasteiger partial charge in [-0.15, -0.1) is 0 Å². The minimum absolute atomic E-state index is 0.179. The van der Waals surface area contributed by atoms with Crippen LogP contribution >= 0.6 is 0 Å². The molecule has 0 bridgehead atoms. The van der Waals surface area contributed by atoms with Crippen molar-refractivity contribution in [3.05, 3.63) is 102 Å². The summed E-state index contributed by atoms with van der Waals surface area (Å²) in [6.07, 6.45) is 0. The van der Waals surface area contributed by atoms with Crippen LogP contribution in [0.3, 0.4) is 0 Å². The predicted octanol–water partition coefficient (Wildman–Crippen LogP) is 4.43. The second kappa shape index (κ2) is 7.71. The smallest absolute Gasteiger partial charge is 0.306 e. The van der Waals surface area contributed by atoms with Crippen molar-refractivity contribution in [3.63, 3.8) is 0 Å². The average molecular weight is 444 g/mol. The first-order chi connectivity index (χ1) is 15.5. The van der Waals surface area contributed by atoms with Crippen LogP contribution in [0.15, 0.2) is 95.9 Å². The fraction of sp³-hybridized carbons (Fsp3) is 0.0400. The van der Waals surface area contributed by atoms with E-state index in [9.17, 15) is 8.76 Å². The monoisotopic (exact) mass is 443 g/mol. The molecule has 0 saturated heterocycles. The van der Waals surface area contributed by atoms with Gasteiger partial charge in [0.05, 0.1) is 5.56 Å². The Bertz CT molecular complexity index is 1270. The number of rotatable bonds is 5. The van der Waals surface area contributed by atoms with Crippen molar-refractivity contribution < 1.29 is 18.2 Å². The van der Waals surface area contributed by atoms with Gasteiger partial charge in [-0.25, -0.2) is 0 Å². The van der Waals surface area contributed by atoms with Gasteiger partial charge < -0.3 is 25.5 Å². The van der Waals surface area contributed by atoms with Gasteiger partial charge >= 0.3 is 5.79 Å². The first kappa shape index (κ1) is 20.1. The Hall–Kier alpha value is -3.81. The van der Waals surface area contributed by atoms with E-state index in [4.69, 9.17) is 20.9 Å². The van der Waals surface area contributed by atoms with E-state index in [2.05, 4.69) is 0 Å². The Morgan fingerprint density at radius 2 is 1.22 bits per heavy atom. The van der Waals surface area contributed by atoms with Crippen LogP contribution in [-0.4, -0.2) is 8.76 Å². The van der Waals surface area contributed by atoms with Crippen molar-refractivity contribution in [1.29, 1.82) is 0 Å². The molecule has 0 fully saturated rings. The molecule has 32 heavy (non-hydrogen) atoms. The second-order valence-corrected chi connectivity index (χ2v) is 8.33. The van der Waals surface area contributed by atoms with Crippen LogP contribution in [0.4, 0.5) is 11.4 Å². The molecule has 160 valence electrons. The molecule has 1 aliphatic rings. The number of benzene rings is 4. The number of fused-ring (bicyclic) bond motifs is 3. The number of nitrogen functional groups attached to an aromatic ring is 2. The molecule has 1 atom stereocenters. The molecule has 0 aromatic heterocycles. The fourth-order valence-corrected chi connectivity index (χ4v) is 4.58. The highest BCUT2D eigenvalue weighted by Crippen LogP contribution is 2.52. The third-order valence-corrected chi connectivity index (χ3v) is 6.09. The minimum Gasteiger partial charge on any atom is -0.768 e. The lowest BCUT2D eigenvalue weighted by Crippen LogP contribution is -2.39. The zero-order chi connectivity index (χ0) is 22.3. The first-order valence-electron chi connectivity index (χ1n) is 9.90. The zero-order valence-electron chi connectivity index (χ0n) is 16.9. The van der Waals surface area contributed by atoms with Crippen molar-refractivity contribution in [2.45, 2.75) is 10.7 Å². The van der Waals surface area contributed by atoms with Crippen molar-refractivity contribution in [2.75, 3.05) is 11.5 Å². The summed E-state index contributed by atoms with van der Waals surface area (Å²) >= 11 is -2.44. The molecule has 4 aromatic rings. The molecular formula is C25H19N2O4S-. The van der Waals surface area contributed by atoms with Gasteiger partial charge in [-0.3, -0.25) is 4.21 Å². The Labute approximate surface area is 187 Å². The van der Waals surface area contributed by atoms with Gasteiger partial charge in [-0.05, 0) is 71.2 Å². The Morgan fingerprint density at radius 3 is 1.78 bits per heavy atom. The van der Waals surface area contributed by atoms with Crippen molar-refractivity contribution in [2.24, 2.45) is 0 Å². The molecule has 4 N–H and O–H groups in total. The van der Waals surface area contributed by atoms with E-state index in [0.29, 0.717) is 39.6 Å². The molecule has 7 heteroatoms. The van der Waals surface area contributed by atoms with E-state index in [0.717, 1.165) is 5.56 Å². The van der Waals surface area contributed by atoms with Gasteiger partial charge in [0, 0.05) is 27.4 Å². The molecule has 0 amide bonds. The maximum Gasteiger partial charge on any atom is 0.306 e. The second-order valence-electron chi connectivity index (χ2n) is 7.42. The highest BCUT2D eigenvalue weighted by molar-refractivity contribution is 7.79. The predicted molar refractivity (Wildman–Crippen MR) is 123 cm³/mol. The van der Waals surface area contributed by atoms with Crippen LogP contribution in [0.5, 0.6) is 11.5 Å². The standard InChI is InChI=1S/C25H20N2O4S/c26-16-8-12-18(13-9-16)30-25(31-19-14-10-17(27)11-15-19)21-5-2-1-4-20(21)24-22(25)6-3-7-23(24)32(28)29/h1-15H,26-27H2,(H,28,29)/p-1. The Kier molecular flexibility index (Phi) is 4.84. The summed E-state index contributed by atoms with van der Waals surface area (Å²) in [6, 6.07) is 26.5. The van der Waals surface area contributed by atoms with Crippen molar-refractivity contribution in [3.8, 4) is 22.6 Å². The van der Waals surface area contributed by atoms with E-state index in [1.807, 2.05) is 30.3 Å². The summed E-state index contributed by atoms with van der Waals surface area (Å²) in [5.74, 6) is -0.384. The lowest BCUT2D eigenvalue weighted by Gasteiger charge is -2.33. The van der Waals surface area contributed by atoms with Gasteiger partial charge in [0.15, 0.2) is 0 Å². The molecule has 0 spiro atoms. The molecule has 0 heterocycles. The minimum atomic E-state index is -2.44. The summed E-state index contributed by atoms with van der Waals surface area (Å²) in [6.45, 7) is 0. The third kappa shape index (κ3) is 3.28. The van der Waals surface area contributed by atoms with E-state index in [1.54, 1.807) is 60.7 Å². The van der Waals surface area contributed by atoms with E-state index in [1.165, 1.54) is 0 Å². The van der Waals surface area contributed by atoms with E-state index < -0.39 is 16.9 Å². The topological polar surface area (TPSA) is 111 Å². The van der Waals surface area contributed by atoms with Crippen LogP contribution in [0.1, 0.15) is 11.1 Å². The number of hydrogen-bond donors (Lipinski definition) is 2. The van der Waals surface area contributed by atoms with Gasteiger partial charge in [-0.1, -0.05) is 36.4 Å². The molecule has 4 aromatic carbocycles. The molecular weight excluding hydrogens is 424 g/mol. The van der Waals surface area contributed by atoms with Crippen LogP contribution in [0.2, 0.25) is 0 Å². The first-order valence-corrected chi connectivity index (χ1v) is 11.0. The lowest BCUT2D eigenvalue weighted by atomic mass is 10.0. The number of anilines is 2. The molecule has 0 aliphatic heterocycles. The van der Waals surface area contributed by atoms with Crippen molar-refractivity contribution >= 4 is 22.5 Å². The SMILES string of the molecule is Nc1ccc(OC2(Oc3ccc(N)cc3)c3ccccc3-c3c(S(=O)[O-])cccc32)cc1. The van der Waals surface area contributed by atoms with Crippen LogP contribution in [-0.2, 0) is 16.9 Å². The largest absolute Gasteiger partial charge is 0.768 e. The summed E-state index contributed by atoms with van der Waals surface area (Å²) in [4.78, 5) is 0.179. The number of hydrogen-bond acceptors (Lipinski definition) is 6. The molecule has 6 nitrogen and oxygen atoms in total. The summed E-state index contributed by atoms with van der Waals surface area (Å²) in [5, 5.41) is 0. The average Bonchev–Trinajstić information content (AvgIpc) is 3.07. The quantitative estimate of drug-likeness (QED) is 0.268. The molecule has 1 aliphatic carbocycles. The highest BCUT2D eigenvalue weighted by atomic mass is 32.2. The Morgan fingerprint density at radius 1 is 0.688 bits per heavy atom. The maximum atomic E-state index is 12.1.